The van der Waals surface area contributed by atoms with E-state index >= 15 is 0 Å². The van der Waals surface area contributed by atoms with Crippen molar-refractivity contribution in [2.75, 3.05) is 6.54 Å². The van der Waals surface area contributed by atoms with Crippen molar-refractivity contribution in [3.63, 3.8) is 0 Å². The van der Waals surface area contributed by atoms with Crippen LogP contribution in [0.5, 0.6) is 5.75 Å². The van der Waals surface area contributed by atoms with Crippen LogP contribution >= 0.6 is 11.3 Å². The summed E-state index contributed by atoms with van der Waals surface area (Å²) < 4.78 is 69.3. The van der Waals surface area contributed by atoms with Gasteiger partial charge >= 0.3 is 12.4 Å². The summed E-state index contributed by atoms with van der Waals surface area (Å²) in [5.74, 6) is -5.11. The van der Waals surface area contributed by atoms with Gasteiger partial charge in [-0.25, -0.2) is 0 Å². The van der Waals surface area contributed by atoms with Gasteiger partial charge in [-0.2, -0.15) is 31.3 Å². The highest BCUT2D eigenvalue weighted by Crippen LogP contribution is 2.33. The molecule has 0 spiro atoms. The molecule has 1 saturated heterocycles. The van der Waals surface area contributed by atoms with Crippen LogP contribution < -0.4 is 25.9 Å². The van der Waals surface area contributed by atoms with Crippen LogP contribution in [0.4, 0.5) is 26.3 Å². The Hall–Kier alpha value is -3.66. The molecule has 39 heavy (non-hydrogen) atoms. The van der Waals surface area contributed by atoms with Gasteiger partial charge in [-0.05, 0) is 18.1 Å². The summed E-state index contributed by atoms with van der Waals surface area (Å²) in [4.78, 5) is 34.2. The van der Waals surface area contributed by atoms with Crippen molar-refractivity contribution in [3.05, 3.63) is 44.8 Å². The van der Waals surface area contributed by atoms with E-state index in [4.69, 9.17) is 24.2 Å². The Morgan fingerprint density at radius 2 is 1.72 bits per heavy atom. The van der Waals surface area contributed by atoms with Gasteiger partial charge in [-0.15, -0.1) is 0 Å². The molecule has 4 N–H and O–H groups in total. The number of aromatic amines is 1. The number of carbonyl (C=O) groups is 2. The zero-order valence-electron chi connectivity index (χ0n) is 20.3. The topological polar surface area (TPSA) is 161 Å². The smallest absolute Gasteiger partial charge is 0.430 e. The number of fused-ring (bicyclic) bond motifs is 1. The number of thiazole rings is 1. The minimum absolute atomic E-state index is 0.0238. The first-order chi connectivity index (χ1) is 18.0. The standard InChI is InChI=1S/C19H20N2O3S.2C2HF3O2/c1-3-11-7-12-15(8-14(11)22)24-18(13-5-4-6-20-13)16(17(12)23)19-21-10(2)9-25-19;2*3-2(4,5)1(6)7/h7-9,13,20,22H,3-6H2,1-2H3;2*(H,6,7)/t13-;;/m1../s1. The molecule has 1 aromatic carbocycles. The highest BCUT2D eigenvalue weighted by atomic mass is 32.1. The number of aliphatic carboxylic acids is 2. The molecule has 0 aliphatic carbocycles. The predicted molar refractivity (Wildman–Crippen MR) is 119 cm³/mol. The van der Waals surface area contributed by atoms with Crippen molar-refractivity contribution >= 4 is 34.2 Å². The molecule has 3 heterocycles. The zero-order valence-corrected chi connectivity index (χ0v) is 21.1. The maximum absolute atomic E-state index is 13.3. The van der Waals surface area contributed by atoms with Crippen LogP contribution in [0, 0.1) is 6.92 Å². The van der Waals surface area contributed by atoms with E-state index in [-0.39, 0.29) is 17.2 Å². The number of hydrogen-bond acceptors (Lipinski definition) is 8. The number of benzene rings is 1. The molecule has 0 saturated carbocycles. The van der Waals surface area contributed by atoms with Crippen LogP contribution in [-0.4, -0.2) is 35.9 Å². The van der Waals surface area contributed by atoms with Gasteiger partial charge in [0.05, 0.1) is 17.3 Å². The van der Waals surface area contributed by atoms with Crippen LogP contribution in [0.1, 0.15) is 42.8 Å². The zero-order chi connectivity index (χ0) is 29.7. The fourth-order valence-electron chi connectivity index (χ4n) is 3.57. The number of halogens is 6. The van der Waals surface area contributed by atoms with Crippen LogP contribution in [0.3, 0.4) is 0 Å². The highest BCUT2D eigenvalue weighted by Gasteiger charge is 2.33. The minimum Gasteiger partial charge on any atom is -0.542 e. The Morgan fingerprint density at radius 3 is 2.13 bits per heavy atom. The van der Waals surface area contributed by atoms with Crippen LogP contribution in [0.25, 0.3) is 21.5 Å². The first kappa shape index (κ1) is 31.6. The average Bonchev–Trinajstić information content (AvgIpc) is 3.50. The molecule has 9 nitrogen and oxygen atoms in total. The molecule has 0 bridgehead atoms. The number of H-pyrrole nitrogens is 1. The van der Waals surface area contributed by atoms with Crippen LogP contribution in [-0.2, 0) is 16.0 Å². The number of phenols is 1. The molecular formula is C23H22F6N2O7S. The van der Waals surface area contributed by atoms with Gasteiger partial charge in [-0.3, -0.25) is 4.79 Å². The monoisotopic (exact) mass is 584 g/mol. The van der Waals surface area contributed by atoms with Gasteiger partial charge in [0.15, 0.2) is 17.0 Å². The van der Waals surface area contributed by atoms with E-state index in [0.717, 1.165) is 41.4 Å². The number of nitrogens with one attached hydrogen (secondary N) is 1. The average molecular weight is 584 g/mol. The summed E-state index contributed by atoms with van der Waals surface area (Å²) in [5.41, 5.74) is 2.87. The lowest BCUT2D eigenvalue weighted by Crippen LogP contribution is -2.81. The highest BCUT2D eigenvalue weighted by molar-refractivity contribution is 7.12. The van der Waals surface area contributed by atoms with E-state index in [0.29, 0.717) is 23.0 Å². The second-order valence-corrected chi connectivity index (χ2v) is 9.10. The molecule has 4 rings (SSSR count). The largest absolute Gasteiger partial charge is 0.542 e. The minimum atomic E-state index is -5.19. The van der Waals surface area contributed by atoms with Gasteiger partial charge in [0.1, 0.15) is 29.3 Å². The van der Waals surface area contributed by atoms with Gasteiger partial charge in [0, 0.05) is 25.8 Å². The van der Waals surface area contributed by atoms with E-state index in [9.17, 15) is 36.2 Å². The number of nitrogens with two attached hydrogens (primary N) is 1. The Labute approximate surface area is 219 Å². The summed E-state index contributed by atoms with van der Waals surface area (Å²) in [6, 6.07) is 3.50. The molecule has 0 radical (unpaired) electrons. The molecule has 3 aromatic rings. The van der Waals surface area contributed by atoms with Crippen molar-refractivity contribution < 1.29 is 66.0 Å². The van der Waals surface area contributed by atoms with E-state index in [1.165, 1.54) is 11.3 Å². The first-order valence-corrected chi connectivity index (χ1v) is 12.0. The van der Waals surface area contributed by atoms with Crippen molar-refractivity contribution in [2.24, 2.45) is 0 Å². The van der Waals surface area contributed by atoms with Gasteiger partial charge in [0.2, 0.25) is 5.43 Å². The number of rotatable bonds is 3. The summed E-state index contributed by atoms with van der Waals surface area (Å²) in [6.45, 7) is 4.98. The van der Waals surface area contributed by atoms with Crippen molar-refractivity contribution in [1.82, 2.24) is 0 Å². The van der Waals surface area contributed by atoms with Gasteiger partial charge in [0.25, 0.3) is 5.01 Å². The third kappa shape index (κ3) is 8.16. The number of carbonyl (C=O) groups excluding carboxylic acids is 2. The number of carboxylic acid groups (broad SMARTS) is 2. The number of aromatic hydroxyl groups is 1. The maximum atomic E-state index is 13.3. The number of phenolic OH excluding ortho intramolecular Hbond substituents is 1. The molecule has 2 aromatic heterocycles. The molecule has 1 fully saturated rings. The van der Waals surface area contributed by atoms with E-state index in [1.807, 2.05) is 19.2 Å². The Balaban J connectivity index is 0.000000317. The number of aryl methyl sites for hydroxylation is 2. The first-order valence-electron chi connectivity index (χ1n) is 11.2. The summed E-state index contributed by atoms with van der Waals surface area (Å²) in [5, 5.41) is 33.4. The third-order valence-corrected chi connectivity index (χ3v) is 6.37. The van der Waals surface area contributed by atoms with Crippen LogP contribution in [0.15, 0.2) is 26.7 Å². The molecule has 1 aliphatic heterocycles. The summed E-state index contributed by atoms with van der Waals surface area (Å²) >= 11 is 1.53. The molecule has 1 atom stereocenters. The SMILES string of the molecule is CCc1cc2c(=O)c(-c3[nH+]c(C)cs3)c([C@H]3CCC[NH2+]3)oc2cc1O.O=C([O-])C(F)(F)F.O=C([O-])C(F)(F)F. The Kier molecular flexibility index (Phi) is 10.1. The predicted octanol–water partition coefficient (Wildman–Crippen LogP) is 0.908. The van der Waals surface area contributed by atoms with Gasteiger partial charge < -0.3 is 34.6 Å². The Bertz CT molecular complexity index is 1370. The van der Waals surface area contributed by atoms with Crippen molar-refractivity contribution in [2.45, 2.75) is 51.5 Å². The van der Waals surface area contributed by atoms with E-state index in [2.05, 4.69) is 10.3 Å². The maximum Gasteiger partial charge on any atom is 0.430 e. The lowest BCUT2D eigenvalue weighted by atomic mass is 10.0. The second-order valence-electron chi connectivity index (χ2n) is 8.22. The molecule has 16 heteroatoms. The molecule has 0 unspecified atom stereocenters. The number of carboxylic acids is 2. The number of alkyl halides is 6. The van der Waals surface area contributed by atoms with E-state index in [1.54, 1.807) is 12.1 Å². The van der Waals surface area contributed by atoms with E-state index < -0.39 is 24.3 Å². The lowest BCUT2D eigenvalue weighted by Gasteiger charge is -2.11. The molecular weight excluding hydrogens is 562 g/mol. The third-order valence-electron chi connectivity index (χ3n) is 5.36. The molecule has 0 amide bonds. The Morgan fingerprint density at radius 1 is 1.15 bits per heavy atom. The van der Waals surface area contributed by atoms with Crippen molar-refractivity contribution in [3.8, 4) is 16.3 Å². The van der Waals surface area contributed by atoms with Gasteiger partial charge in [-0.1, -0.05) is 18.3 Å². The molecule has 214 valence electrons. The van der Waals surface area contributed by atoms with Crippen LogP contribution in [0.2, 0.25) is 0 Å². The number of aromatic nitrogens is 1. The molecule has 1 aliphatic rings. The fourth-order valence-corrected chi connectivity index (χ4v) is 4.46. The summed E-state index contributed by atoms with van der Waals surface area (Å²) in [7, 11) is 0. The summed E-state index contributed by atoms with van der Waals surface area (Å²) in [6.07, 6.45) is -7.62. The second kappa shape index (κ2) is 12.5. The number of hydrogen-bond donors (Lipinski definition) is 2. The van der Waals surface area contributed by atoms with Crippen molar-refractivity contribution in [1.29, 1.82) is 0 Å². The quantitative estimate of drug-likeness (QED) is 0.433. The number of quaternary nitrogens is 1. The lowest BCUT2D eigenvalue weighted by molar-refractivity contribution is -0.678. The fraction of sp³-hybridized carbons (Fsp3) is 0.391. The normalized spacial score (nSPS) is 15.2.